The van der Waals surface area contributed by atoms with Gasteiger partial charge in [-0.25, -0.2) is 4.39 Å². The van der Waals surface area contributed by atoms with E-state index in [1.165, 1.54) is 11.6 Å². The zero-order valence-electron chi connectivity index (χ0n) is 11.7. The fraction of sp³-hybridized carbons (Fsp3) is 0.294. The molecule has 0 unspecified atom stereocenters. The van der Waals surface area contributed by atoms with Gasteiger partial charge in [0.15, 0.2) is 0 Å². The highest BCUT2D eigenvalue weighted by Crippen LogP contribution is 2.29. The molecular weight excluding hydrogens is 287 g/mol. The van der Waals surface area contributed by atoms with E-state index in [0.29, 0.717) is 17.1 Å². The van der Waals surface area contributed by atoms with E-state index in [-0.39, 0.29) is 17.8 Å². The molecule has 2 aromatic carbocycles. The quantitative estimate of drug-likeness (QED) is 0.941. The van der Waals surface area contributed by atoms with Gasteiger partial charge in [-0.1, -0.05) is 48.0 Å². The molecule has 4 heteroatoms. The number of hydrogen-bond donors (Lipinski definition) is 1. The van der Waals surface area contributed by atoms with Gasteiger partial charge in [0.2, 0.25) is 0 Å². The Kier molecular flexibility index (Phi) is 4.24. The molecule has 21 heavy (non-hydrogen) atoms. The molecule has 1 heterocycles. The van der Waals surface area contributed by atoms with Crippen LogP contribution in [0.15, 0.2) is 48.5 Å². The summed E-state index contributed by atoms with van der Waals surface area (Å²) in [6.45, 7) is 2.09. The zero-order valence-corrected chi connectivity index (χ0v) is 12.4. The maximum absolute atomic E-state index is 13.9. The summed E-state index contributed by atoms with van der Waals surface area (Å²) in [5.41, 5.74) is 8.06. The van der Waals surface area contributed by atoms with E-state index in [4.69, 9.17) is 17.3 Å². The largest absolute Gasteiger partial charge is 0.326 e. The SMILES string of the molecule is N[C@@H]1CN(Cc2c(F)cccc2Cl)C[C@H]1c1ccccc1. The number of nitrogens with two attached hydrogens (primary N) is 1. The molecule has 3 rings (SSSR count). The fourth-order valence-electron chi connectivity index (χ4n) is 3.00. The van der Waals surface area contributed by atoms with Gasteiger partial charge in [-0.2, -0.15) is 0 Å². The third-order valence-corrected chi connectivity index (χ3v) is 4.47. The molecule has 0 radical (unpaired) electrons. The molecular formula is C17H18ClFN2. The molecule has 0 amide bonds. The number of hydrogen-bond acceptors (Lipinski definition) is 2. The van der Waals surface area contributed by atoms with Crippen molar-refractivity contribution in [3.63, 3.8) is 0 Å². The van der Waals surface area contributed by atoms with E-state index >= 15 is 0 Å². The van der Waals surface area contributed by atoms with Crippen LogP contribution in [0.5, 0.6) is 0 Å². The van der Waals surface area contributed by atoms with Crippen LogP contribution < -0.4 is 5.73 Å². The summed E-state index contributed by atoms with van der Waals surface area (Å²) in [6.07, 6.45) is 0. The standard InChI is InChI=1S/C17H18ClFN2/c18-15-7-4-8-16(19)14(15)10-21-9-13(17(20)11-21)12-5-2-1-3-6-12/h1-8,13,17H,9-11,20H2/t13-,17+/m0/s1. The van der Waals surface area contributed by atoms with Crippen molar-refractivity contribution < 1.29 is 4.39 Å². The Hall–Kier alpha value is -1.42. The minimum Gasteiger partial charge on any atom is -0.326 e. The Morgan fingerprint density at radius 1 is 1.10 bits per heavy atom. The third kappa shape index (κ3) is 3.10. The van der Waals surface area contributed by atoms with Crippen LogP contribution in [0.3, 0.4) is 0 Å². The molecule has 1 aliphatic heterocycles. The first-order valence-corrected chi connectivity index (χ1v) is 7.48. The van der Waals surface area contributed by atoms with Crippen molar-refractivity contribution in [3.05, 3.63) is 70.5 Å². The number of rotatable bonds is 3. The van der Waals surface area contributed by atoms with Gasteiger partial charge in [-0.05, 0) is 17.7 Å². The lowest BCUT2D eigenvalue weighted by molar-refractivity contribution is 0.318. The molecule has 2 atom stereocenters. The summed E-state index contributed by atoms with van der Waals surface area (Å²) in [5, 5.41) is 0.478. The summed E-state index contributed by atoms with van der Waals surface area (Å²) in [4.78, 5) is 2.17. The first-order chi connectivity index (χ1) is 10.1. The Morgan fingerprint density at radius 3 is 2.57 bits per heavy atom. The van der Waals surface area contributed by atoms with Gasteiger partial charge in [0.05, 0.1) is 0 Å². The molecule has 1 aliphatic rings. The lowest BCUT2D eigenvalue weighted by Gasteiger charge is -2.17. The normalized spacial score (nSPS) is 22.6. The monoisotopic (exact) mass is 304 g/mol. The number of nitrogens with zero attached hydrogens (tertiary/aromatic N) is 1. The molecule has 2 aromatic rings. The summed E-state index contributed by atoms with van der Waals surface area (Å²) in [5.74, 6) is 0.0379. The second-order valence-electron chi connectivity index (χ2n) is 5.58. The van der Waals surface area contributed by atoms with Gasteiger partial charge in [0.1, 0.15) is 5.82 Å². The van der Waals surface area contributed by atoms with Crippen molar-refractivity contribution in [1.29, 1.82) is 0 Å². The van der Waals surface area contributed by atoms with E-state index in [1.807, 2.05) is 18.2 Å². The molecule has 1 saturated heterocycles. The highest BCUT2D eigenvalue weighted by atomic mass is 35.5. The van der Waals surface area contributed by atoms with Gasteiger partial charge in [-0.15, -0.1) is 0 Å². The van der Waals surface area contributed by atoms with Crippen LogP contribution in [-0.4, -0.2) is 24.0 Å². The molecule has 2 nitrogen and oxygen atoms in total. The van der Waals surface area contributed by atoms with Gasteiger partial charge in [-0.3, -0.25) is 4.90 Å². The van der Waals surface area contributed by atoms with E-state index in [2.05, 4.69) is 17.0 Å². The van der Waals surface area contributed by atoms with E-state index in [0.717, 1.165) is 13.1 Å². The van der Waals surface area contributed by atoms with E-state index in [9.17, 15) is 4.39 Å². The molecule has 0 spiro atoms. The number of benzene rings is 2. The molecule has 1 fully saturated rings. The van der Waals surface area contributed by atoms with Crippen LogP contribution in [-0.2, 0) is 6.54 Å². The Morgan fingerprint density at radius 2 is 1.86 bits per heavy atom. The molecule has 0 saturated carbocycles. The molecule has 110 valence electrons. The number of halogens is 2. The molecule has 2 N–H and O–H groups in total. The van der Waals surface area contributed by atoms with Crippen LogP contribution >= 0.6 is 11.6 Å². The first-order valence-electron chi connectivity index (χ1n) is 7.11. The second-order valence-corrected chi connectivity index (χ2v) is 5.98. The lowest BCUT2D eigenvalue weighted by Crippen LogP contribution is -2.28. The van der Waals surface area contributed by atoms with Crippen LogP contribution in [0.1, 0.15) is 17.0 Å². The maximum atomic E-state index is 13.9. The van der Waals surface area contributed by atoms with Crippen molar-refractivity contribution in [2.75, 3.05) is 13.1 Å². The van der Waals surface area contributed by atoms with Crippen LogP contribution in [0, 0.1) is 5.82 Å². The first kappa shape index (κ1) is 14.5. The van der Waals surface area contributed by atoms with Crippen molar-refractivity contribution >= 4 is 11.6 Å². The van der Waals surface area contributed by atoms with Crippen molar-refractivity contribution in [2.45, 2.75) is 18.5 Å². The van der Waals surface area contributed by atoms with E-state index in [1.54, 1.807) is 12.1 Å². The smallest absolute Gasteiger partial charge is 0.129 e. The predicted octanol–water partition coefficient (Wildman–Crippen LogP) is 3.41. The van der Waals surface area contributed by atoms with Crippen LogP contribution in [0.25, 0.3) is 0 Å². The Balaban J connectivity index is 1.75. The minimum atomic E-state index is -0.251. The highest BCUT2D eigenvalue weighted by Gasteiger charge is 2.31. The minimum absolute atomic E-state index is 0.0675. The molecule has 0 aliphatic carbocycles. The summed E-state index contributed by atoms with van der Waals surface area (Å²) < 4.78 is 13.9. The lowest BCUT2D eigenvalue weighted by atomic mass is 9.95. The summed E-state index contributed by atoms with van der Waals surface area (Å²) in [6, 6.07) is 15.1. The van der Waals surface area contributed by atoms with Gasteiger partial charge < -0.3 is 5.73 Å². The summed E-state index contributed by atoms with van der Waals surface area (Å²) in [7, 11) is 0. The van der Waals surface area contributed by atoms with Gasteiger partial charge >= 0.3 is 0 Å². The zero-order chi connectivity index (χ0) is 14.8. The van der Waals surface area contributed by atoms with Crippen LogP contribution in [0.2, 0.25) is 5.02 Å². The molecule has 0 bridgehead atoms. The fourth-order valence-corrected chi connectivity index (χ4v) is 3.23. The second kappa shape index (κ2) is 6.14. The molecule has 0 aromatic heterocycles. The van der Waals surface area contributed by atoms with Crippen LogP contribution in [0.4, 0.5) is 4.39 Å². The highest BCUT2D eigenvalue weighted by molar-refractivity contribution is 6.31. The van der Waals surface area contributed by atoms with E-state index < -0.39 is 0 Å². The summed E-state index contributed by atoms with van der Waals surface area (Å²) >= 11 is 6.10. The average Bonchev–Trinajstić information content (AvgIpc) is 2.85. The van der Waals surface area contributed by atoms with Crippen molar-refractivity contribution in [2.24, 2.45) is 5.73 Å². The Labute approximate surface area is 129 Å². The van der Waals surface area contributed by atoms with Crippen molar-refractivity contribution in [1.82, 2.24) is 4.90 Å². The average molecular weight is 305 g/mol. The third-order valence-electron chi connectivity index (χ3n) is 4.11. The topological polar surface area (TPSA) is 29.3 Å². The number of likely N-dealkylation sites (tertiary alicyclic amines) is 1. The Bertz CT molecular complexity index is 597. The maximum Gasteiger partial charge on any atom is 0.129 e. The van der Waals surface area contributed by atoms with Crippen molar-refractivity contribution in [3.8, 4) is 0 Å². The van der Waals surface area contributed by atoms with Gasteiger partial charge in [0, 0.05) is 42.2 Å². The predicted molar refractivity (Wildman–Crippen MR) is 83.8 cm³/mol. The van der Waals surface area contributed by atoms with Gasteiger partial charge in [0.25, 0.3) is 0 Å².